The van der Waals surface area contributed by atoms with Crippen LogP contribution in [-0.4, -0.2) is 0 Å². The molecule has 2 aliphatic rings. The van der Waals surface area contributed by atoms with Crippen LogP contribution in [0.25, 0.3) is 6.08 Å². The van der Waals surface area contributed by atoms with Gasteiger partial charge in [-0.2, -0.15) is 5.26 Å². The third kappa shape index (κ3) is 1.69. The quantitative estimate of drug-likeness (QED) is 0.713. The molecule has 0 unspecified atom stereocenters. The zero-order valence-corrected chi connectivity index (χ0v) is 12.2. The number of hydrogen-bond acceptors (Lipinski definition) is 1. The second-order valence-electron chi connectivity index (χ2n) is 5.90. The number of benzene rings is 2. The van der Waals surface area contributed by atoms with Crippen molar-refractivity contribution in [3.63, 3.8) is 0 Å². The molecule has 2 aromatic carbocycles. The van der Waals surface area contributed by atoms with Crippen molar-refractivity contribution in [1.82, 2.24) is 0 Å². The van der Waals surface area contributed by atoms with Gasteiger partial charge in [0.25, 0.3) is 0 Å². The molecule has 2 heteroatoms. The highest BCUT2D eigenvalue weighted by Gasteiger charge is 2.56. The summed E-state index contributed by atoms with van der Waals surface area (Å²) in [6.07, 6.45) is 5.25. The van der Waals surface area contributed by atoms with Gasteiger partial charge in [-0.15, -0.1) is 0 Å². The van der Waals surface area contributed by atoms with Gasteiger partial charge >= 0.3 is 0 Å². The zero-order chi connectivity index (χ0) is 14.4. The minimum Gasteiger partial charge on any atom is -0.197 e. The topological polar surface area (TPSA) is 23.8 Å². The number of halogens is 1. The monoisotopic (exact) mass is 291 g/mol. The van der Waals surface area contributed by atoms with Gasteiger partial charge < -0.3 is 0 Å². The minimum atomic E-state index is -0.401. The molecule has 21 heavy (non-hydrogen) atoms. The molecule has 0 radical (unpaired) electrons. The number of nitriles is 1. The summed E-state index contributed by atoms with van der Waals surface area (Å²) < 4.78 is 0. The first-order valence-electron chi connectivity index (χ1n) is 7.19. The Hall–Kier alpha value is -2.04. The fourth-order valence-corrected chi connectivity index (χ4v) is 3.96. The maximum atomic E-state index is 9.86. The molecule has 1 saturated carbocycles. The van der Waals surface area contributed by atoms with Crippen LogP contribution in [0.3, 0.4) is 0 Å². The van der Waals surface area contributed by atoms with Crippen LogP contribution in [0, 0.1) is 16.7 Å². The Morgan fingerprint density at radius 2 is 1.81 bits per heavy atom. The first-order valence-corrected chi connectivity index (χ1v) is 7.57. The van der Waals surface area contributed by atoms with Crippen molar-refractivity contribution in [2.75, 3.05) is 0 Å². The van der Waals surface area contributed by atoms with Crippen molar-refractivity contribution >= 4 is 17.7 Å². The Kier molecular flexibility index (Phi) is 2.71. The van der Waals surface area contributed by atoms with Crippen molar-refractivity contribution in [1.29, 1.82) is 5.26 Å². The van der Waals surface area contributed by atoms with E-state index in [0.717, 1.165) is 11.4 Å². The van der Waals surface area contributed by atoms with Gasteiger partial charge in [0.15, 0.2) is 0 Å². The molecule has 1 fully saturated rings. The molecule has 0 heterocycles. The van der Waals surface area contributed by atoms with E-state index in [0.29, 0.717) is 5.92 Å². The fourth-order valence-electron chi connectivity index (χ4n) is 3.83. The van der Waals surface area contributed by atoms with Crippen LogP contribution < -0.4 is 0 Å². The van der Waals surface area contributed by atoms with Crippen LogP contribution in [0.5, 0.6) is 0 Å². The first kappa shape index (κ1) is 12.7. The highest BCUT2D eigenvalue weighted by Crippen LogP contribution is 2.64. The molecule has 3 atom stereocenters. The Balaban J connectivity index is 1.77. The van der Waals surface area contributed by atoms with Gasteiger partial charge in [0.2, 0.25) is 0 Å². The van der Waals surface area contributed by atoms with Crippen LogP contribution in [0.4, 0.5) is 0 Å². The largest absolute Gasteiger partial charge is 0.197 e. The average molecular weight is 292 g/mol. The van der Waals surface area contributed by atoms with Gasteiger partial charge in [0.05, 0.1) is 11.5 Å². The molecule has 4 rings (SSSR count). The summed E-state index contributed by atoms with van der Waals surface area (Å²) >= 11 is 5.97. The predicted molar refractivity (Wildman–Crippen MR) is 85.1 cm³/mol. The van der Waals surface area contributed by atoms with E-state index in [9.17, 15) is 5.26 Å². The van der Waals surface area contributed by atoms with Crippen molar-refractivity contribution < 1.29 is 0 Å². The maximum Gasteiger partial charge on any atom is 0.0893 e. The van der Waals surface area contributed by atoms with Gasteiger partial charge in [-0.1, -0.05) is 60.2 Å². The molecule has 0 N–H and O–H groups in total. The molecule has 2 aliphatic carbocycles. The van der Waals surface area contributed by atoms with Gasteiger partial charge in [-0.25, -0.2) is 0 Å². The van der Waals surface area contributed by atoms with Gasteiger partial charge in [0.1, 0.15) is 0 Å². The van der Waals surface area contributed by atoms with E-state index in [1.54, 1.807) is 0 Å². The van der Waals surface area contributed by atoms with Gasteiger partial charge in [-0.05, 0) is 35.2 Å². The van der Waals surface area contributed by atoms with Gasteiger partial charge in [-0.3, -0.25) is 0 Å². The summed E-state index contributed by atoms with van der Waals surface area (Å²) in [5, 5.41) is 10.6. The summed E-state index contributed by atoms with van der Waals surface area (Å²) in [5.41, 5.74) is 3.37. The van der Waals surface area contributed by atoms with Gasteiger partial charge in [0, 0.05) is 16.9 Å². The maximum absolute atomic E-state index is 9.86. The molecule has 0 amide bonds. The lowest BCUT2D eigenvalue weighted by Gasteiger charge is -2.52. The van der Waals surface area contributed by atoms with Crippen LogP contribution in [0.1, 0.15) is 34.9 Å². The standard InChI is InChI=1S/C19H14ClN/c20-15-7-5-14(6-8-15)17-11-18-16-4-2-1-3-13(16)9-10-19(17,18)12-21/h1-10,17-18H,11H2/t17-,18+,19-/m0/s1. The minimum absolute atomic E-state index is 0.259. The van der Waals surface area contributed by atoms with E-state index in [1.807, 2.05) is 12.1 Å². The summed E-state index contributed by atoms with van der Waals surface area (Å²) in [4.78, 5) is 0. The molecule has 1 nitrogen and oxygen atoms in total. The van der Waals surface area contributed by atoms with E-state index < -0.39 is 5.41 Å². The van der Waals surface area contributed by atoms with Crippen LogP contribution in [-0.2, 0) is 0 Å². The van der Waals surface area contributed by atoms with Crippen LogP contribution in [0.2, 0.25) is 5.02 Å². The number of hydrogen-bond donors (Lipinski definition) is 0. The highest BCUT2D eigenvalue weighted by molar-refractivity contribution is 6.30. The Morgan fingerprint density at radius 1 is 1.05 bits per heavy atom. The molecule has 0 aromatic heterocycles. The van der Waals surface area contributed by atoms with Crippen molar-refractivity contribution in [2.24, 2.45) is 5.41 Å². The Morgan fingerprint density at radius 3 is 2.57 bits per heavy atom. The summed E-state index contributed by atoms with van der Waals surface area (Å²) in [6.45, 7) is 0. The molecule has 0 spiro atoms. The summed E-state index contributed by atoms with van der Waals surface area (Å²) in [6, 6.07) is 18.9. The molecule has 2 aromatic rings. The van der Waals surface area contributed by atoms with Crippen LogP contribution in [0.15, 0.2) is 54.6 Å². The third-order valence-corrected chi connectivity index (χ3v) is 5.25. The molecule has 102 valence electrons. The average Bonchev–Trinajstić information content (AvgIpc) is 2.50. The first-order chi connectivity index (χ1) is 10.2. The SMILES string of the molecule is N#C[C@]12C=Cc3ccccc3[C@H]1C[C@H]2c1ccc(Cl)cc1. The molecule has 0 aliphatic heterocycles. The lowest BCUT2D eigenvalue weighted by atomic mass is 9.48. The summed E-state index contributed by atoms with van der Waals surface area (Å²) in [5.74, 6) is 0.568. The lowest BCUT2D eigenvalue weighted by molar-refractivity contribution is 0.172. The number of rotatable bonds is 1. The third-order valence-electron chi connectivity index (χ3n) is 5.00. The normalized spacial score (nSPS) is 29.0. The smallest absolute Gasteiger partial charge is 0.0893 e. The predicted octanol–water partition coefficient (Wildman–Crippen LogP) is 5.15. The van der Waals surface area contributed by atoms with E-state index >= 15 is 0 Å². The number of allylic oxidation sites excluding steroid dienone is 1. The molecule has 0 saturated heterocycles. The Labute approximate surface area is 129 Å². The number of nitrogens with zero attached hydrogens (tertiary/aromatic N) is 1. The lowest BCUT2D eigenvalue weighted by Crippen LogP contribution is -2.45. The van der Waals surface area contributed by atoms with Crippen molar-refractivity contribution in [2.45, 2.75) is 18.3 Å². The second-order valence-corrected chi connectivity index (χ2v) is 6.34. The fraction of sp³-hybridized carbons (Fsp3) is 0.211. The molecular formula is C19H14ClN. The summed E-state index contributed by atoms with van der Waals surface area (Å²) in [7, 11) is 0. The van der Waals surface area contributed by atoms with E-state index in [-0.39, 0.29) is 5.92 Å². The number of fused-ring (bicyclic) bond motifs is 3. The zero-order valence-electron chi connectivity index (χ0n) is 11.5. The van der Waals surface area contributed by atoms with Crippen molar-refractivity contribution in [3.8, 4) is 6.07 Å². The molecular weight excluding hydrogens is 278 g/mol. The second kappa shape index (κ2) is 4.48. The van der Waals surface area contributed by atoms with E-state index in [2.05, 4.69) is 54.6 Å². The van der Waals surface area contributed by atoms with Crippen LogP contribution >= 0.6 is 11.6 Å². The van der Waals surface area contributed by atoms with E-state index in [4.69, 9.17) is 11.6 Å². The Bertz CT molecular complexity index is 769. The highest BCUT2D eigenvalue weighted by atomic mass is 35.5. The van der Waals surface area contributed by atoms with E-state index in [1.165, 1.54) is 16.7 Å². The van der Waals surface area contributed by atoms with Crippen molar-refractivity contribution in [3.05, 3.63) is 76.3 Å². The molecule has 0 bridgehead atoms.